The minimum absolute atomic E-state index is 0.592. The highest BCUT2D eigenvalue weighted by Gasteiger charge is 2.16. The van der Waals surface area contributed by atoms with Gasteiger partial charge in [-0.25, -0.2) is 0 Å². The fourth-order valence-electron chi connectivity index (χ4n) is 2.02. The molecule has 0 bridgehead atoms. The summed E-state index contributed by atoms with van der Waals surface area (Å²) in [6.45, 7) is 2.67. The number of hydrogen-bond donors (Lipinski definition) is 0. The topological polar surface area (TPSA) is 52.0 Å². The molecule has 0 saturated carbocycles. The van der Waals surface area contributed by atoms with Crippen LogP contribution in [0.1, 0.15) is 12.0 Å². The summed E-state index contributed by atoms with van der Waals surface area (Å²) >= 11 is 0. The van der Waals surface area contributed by atoms with Crippen molar-refractivity contribution >= 4 is 5.69 Å². The van der Waals surface area contributed by atoms with Crippen LogP contribution < -0.4 is 4.90 Å². The second kappa shape index (κ2) is 4.71. The highest BCUT2D eigenvalue weighted by molar-refractivity contribution is 5.57. The molecule has 1 aliphatic heterocycles. The summed E-state index contributed by atoms with van der Waals surface area (Å²) in [5.74, 6) is 0. The zero-order valence-corrected chi connectivity index (χ0v) is 8.63. The van der Waals surface area contributed by atoms with Crippen molar-refractivity contribution < 1.29 is 0 Å². The van der Waals surface area contributed by atoms with Crippen LogP contribution in [0.25, 0.3) is 10.4 Å². The van der Waals surface area contributed by atoms with Crippen LogP contribution in [-0.2, 0) is 6.42 Å². The van der Waals surface area contributed by atoms with E-state index in [4.69, 9.17) is 5.53 Å². The molecular formula is C11H14N4. The minimum atomic E-state index is 0.592. The molecule has 78 valence electrons. The van der Waals surface area contributed by atoms with Crippen molar-refractivity contribution in [1.29, 1.82) is 0 Å². The standard InChI is InChI=1S/C11H14N4/c12-14-13-7-3-8-15-9-6-10-4-1-2-5-11(10)15/h1-2,4-5H,3,6-9H2. The summed E-state index contributed by atoms with van der Waals surface area (Å²) in [6.07, 6.45) is 2.07. The summed E-state index contributed by atoms with van der Waals surface area (Å²) in [6, 6.07) is 8.51. The highest BCUT2D eigenvalue weighted by Crippen LogP contribution is 2.27. The molecule has 0 aliphatic carbocycles. The molecule has 15 heavy (non-hydrogen) atoms. The molecule has 2 rings (SSSR count). The maximum absolute atomic E-state index is 8.16. The number of nitrogens with zero attached hydrogens (tertiary/aromatic N) is 4. The Hall–Kier alpha value is -1.67. The van der Waals surface area contributed by atoms with Crippen molar-refractivity contribution in [3.63, 3.8) is 0 Å². The van der Waals surface area contributed by atoms with E-state index in [1.165, 1.54) is 11.3 Å². The number of para-hydroxylation sites is 1. The van der Waals surface area contributed by atoms with Crippen LogP contribution in [-0.4, -0.2) is 19.6 Å². The van der Waals surface area contributed by atoms with Gasteiger partial charge >= 0.3 is 0 Å². The van der Waals surface area contributed by atoms with E-state index >= 15 is 0 Å². The summed E-state index contributed by atoms with van der Waals surface area (Å²) in [7, 11) is 0. The maximum Gasteiger partial charge on any atom is 0.0399 e. The zero-order valence-electron chi connectivity index (χ0n) is 8.63. The lowest BCUT2D eigenvalue weighted by molar-refractivity contribution is 0.757. The van der Waals surface area contributed by atoms with Crippen molar-refractivity contribution in [2.45, 2.75) is 12.8 Å². The molecular weight excluding hydrogens is 188 g/mol. The second-order valence-corrected chi connectivity index (χ2v) is 3.67. The van der Waals surface area contributed by atoms with E-state index in [0.717, 1.165) is 25.9 Å². The van der Waals surface area contributed by atoms with Gasteiger partial charge in [0.05, 0.1) is 0 Å². The van der Waals surface area contributed by atoms with E-state index in [9.17, 15) is 0 Å². The molecule has 4 nitrogen and oxygen atoms in total. The molecule has 0 atom stereocenters. The fraction of sp³-hybridized carbons (Fsp3) is 0.455. The van der Waals surface area contributed by atoms with Gasteiger partial charge in [-0.3, -0.25) is 0 Å². The zero-order chi connectivity index (χ0) is 10.5. The number of hydrogen-bond acceptors (Lipinski definition) is 2. The van der Waals surface area contributed by atoms with Gasteiger partial charge < -0.3 is 4.90 Å². The largest absolute Gasteiger partial charge is 0.371 e. The van der Waals surface area contributed by atoms with E-state index in [-0.39, 0.29) is 0 Å². The molecule has 4 heteroatoms. The summed E-state index contributed by atoms with van der Waals surface area (Å²) in [5, 5.41) is 3.54. The first-order valence-corrected chi connectivity index (χ1v) is 5.25. The fourth-order valence-corrected chi connectivity index (χ4v) is 2.02. The third-order valence-corrected chi connectivity index (χ3v) is 2.73. The molecule has 0 aromatic heterocycles. The summed E-state index contributed by atoms with van der Waals surface area (Å²) < 4.78 is 0. The molecule has 0 unspecified atom stereocenters. The number of benzene rings is 1. The van der Waals surface area contributed by atoms with Crippen molar-refractivity contribution in [1.82, 2.24) is 0 Å². The van der Waals surface area contributed by atoms with Crippen LogP contribution >= 0.6 is 0 Å². The Kier molecular flexibility index (Phi) is 3.10. The smallest absolute Gasteiger partial charge is 0.0399 e. The van der Waals surface area contributed by atoms with Gasteiger partial charge in [0.1, 0.15) is 0 Å². The monoisotopic (exact) mass is 202 g/mol. The average Bonchev–Trinajstić information content (AvgIpc) is 2.68. The van der Waals surface area contributed by atoms with E-state index in [1.54, 1.807) is 0 Å². The van der Waals surface area contributed by atoms with Crippen LogP contribution in [0, 0.1) is 0 Å². The third-order valence-electron chi connectivity index (χ3n) is 2.73. The molecule has 1 heterocycles. The number of fused-ring (bicyclic) bond motifs is 1. The Labute approximate surface area is 89.1 Å². The Morgan fingerprint density at radius 2 is 2.27 bits per heavy atom. The van der Waals surface area contributed by atoms with Crippen LogP contribution in [0.5, 0.6) is 0 Å². The second-order valence-electron chi connectivity index (χ2n) is 3.67. The van der Waals surface area contributed by atoms with E-state index in [0.29, 0.717) is 6.54 Å². The molecule has 0 amide bonds. The van der Waals surface area contributed by atoms with Gasteiger partial charge in [0.15, 0.2) is 0 Å². The van der Waals surface area contributed by atoms with Gasteiger partial charge in [0.25, 0.3) is 0 Å². The van der Waals surface area contributed by atoms with Gasteiger partial charge in [0, 0.05) is 30.2 Å². The quantitative estimate of drug-likeness (QED) is 0.320. The predicted octanol–water partition coefficient (Wildman–Crippen LogP) is 2.75. The van der Waals surface area contributed by atoms with Gasteiger partial charge in [-0.1, -0.05) is 23.3 Å². The van der Waals surface area contributed by atoms with Gasteiger partial charge in [-0.2, -0.15) is 0 Å². The maximum atomic E-state index is 8.16. The van der Waals surface area contributed by atoms with E-state index in [2.05, 4.69) is 39.2 Å². The normalized spacial score (nSPS) is 13.5. The molecule has 0 saturated heterocycles. The van der Waals surface area contributed by atoms with Crippen molar-refractivity contribution in [2.24, 2.45) is 5.11 Å². The molecule has 0 N–H and O–H groups in total. The summed E-state index contributed by atoms with van der Waals surface area (Å²) in [5.41, 5.74) is 10.9. The lowest BCUT2D eigenvalue weighted by Gasteiger charge is -2.18. The van der Waals surface area contributed by atoms with E-state index < -0.39 is 0 Å². The third kappa shape index (κ3) is 2.22. The SMILES string of the molecule is [N-]=[N+]=NCCCN1CCc2ccccc21. The minimum Gasteiger partial charge on any atom is -0.371 e. The first kappa shape index (κ1) is 9.87. The van der Waals surface area contributed by atoms with Gasteiger partial charge in [0.2, 0.25) is 0 Å². The van der Waals surface area contributed by atoms with Crippen LogP contribution in [0.3, 0.4) is 0 Å². The van der Waals surface area contributed by atoms with Crippen LogP contribution in [0.4, 0.5) is 5.69 Å². The summed E-state index contributed by atoms with van der Waals surface area (Å²) in [4.78, 5) is 5.11. The lowest BCUT2D eigenvalue weighted by atomic mass is 10.2. The average molecular weight is 202 g/mol. The van der Waals surface area contributed by atoms with Crippen LogP contribution in [0.15, 0.2) is 29.4 Å². The molecule has 0 spiro atoms. The Morgan fingerprint density at radius 3 is 3.13 bits per heavy atom. The Morgan fingerprint density at radius 1 is 1.40 bits per heavy atom. The van der Waals surface area contributed by atoms with Crippen LogP contribution in [0.2, 0.25) is 0 Å². The molecule has 1 aromatic rings. The molecule has 1 aromatic carbocycles. The molecule has 1 aliphatic rings. The first-order valence-electron chi connectivity index (χ1n) is 5.25. The van der Waals surface area contributed by atoms with Gasteiger partial charge in [-0.15, -0.1) is 0 Å². The molecule has 0 radical (unpaired) electrons. The van der Waals surface area contributed by atoms with Crippen molar-refractivity contribution in [3.05, 3.63) is 40.3 Å². The Balaban J connectivity index is 1.93. The Bertz CT molecular complexity index is 382. The molecule has 0 fully saturated rings. The van der Waals surface area contributed by atoms with E-state index in [1.807, 2.05) is 0 Å². The lowest BCUT2D eigenvalue weighted by Crippen LogP contribution is -2.22. The van der Waals surface area contributed by atoms with Gasteiger partial charge in [-0.05, 0) is 30.0 Å². The number of anilines is 1. The number of azide groups is 1. The highest BCUT2D eigenvalue weighted by atomic mass is 15.2. The van der Waals surface area contributed by atoms with Crippen molar-refractivity contribution in [3.8, 4) is 0 Å². The predicted molar refractivity (Wildman–Crippen MR) is 61.0 cm³/mol. The first-order chi connectivity index (χ1) is 7.42. The van der Waals surface area contributed by atoms with Crippen molar-refractivity contribution in [2.75, 3.05) is 24.5 Å². The number of rotatable bonds is 4.